The summed E-state index contributed by atoms with van der Waals surface area (Å²) in [7, 11) is 1.62. The number of halogens is 3. The Kier molecular flexibility index (Phi) is 14.9. The number of benzene rings is 1. The molecule has 0 N–H and O–H groups in total. The molecule has 0 heterocycles. The van der Waals surface area contributed by atoms with Gasteiger partial charge in [-0.2, -0.15) is 0 Å². The Morgan fingerprint density at radius 3 is 1.79 bits per heavy atom. The van der Waals surface area contributed by atoms with E-state index < -0.39 is 24.6 Å². The Morgan fingerprint density at radius 1 is 0.912 bits per heavy atom. The molecule has 0 aliphatic heterocycles. The second-order valence-corrected chi connectivity index (χ2v) is 23.0. The fourth-order valence-corrected chi connectivity index (χ4v) is 21.2. The molecule has 2 nitrogen and oxygen atoms in total. The molecule has 0 amide bonds. The number of rotatable bonds is 17. The Morgan fingerprint density at radius 2 is 1.41 bits per heavy atom. The molecular weight excluding hydrogens is 544 g/mol. The first-order chi connectivity index (χ1) is 16.1. The van der Waals surface area contributed by atoms with E-state index in [0.29, 0.717) is 13.0 Å². The predicted molar refractivity (Wildman–Crippen MR) is 140 cm³/mol. The molecule has 0 aromatic heterocycles. The van der Waals surface area contributed by atoms with Gasteiger partial charge < -0.3 is 0 Å². The van der Waals surface area contributed by atoms with E-state index in [4.69, 9.17) is 9.47 Å². The molecule has 1 rings (SSSR count). The van der Waals surface area contributed by atoms with E-state index in [1.807, 2.05) is 38.1 Å². The minimum atomic E-state index is -4.23. The van der Waals surface area contributed by atoms with Crippen molar-refractivity contribution in [2.45, 2.75) is 112 Å². The maximum atomic E-state index is 14.6. The van der Waals surface area contributed by atoms with Crippen molar-refractivity contribution >= 4 is 18.4 Å². The Bertz CT molecular complexity index is 677. The van der Waals surface area contributed by atoms with Gasteiger partial charge in [-0.25, -0.2) is 0 Å². The second-order valence-electron chi connectivity index (χ2n) is 9.88. The van der Waals surface area contributed by atoms with E-state index in [9.17, 15) is 13.2 Å². The molecule has 196 valence electrons. The molecule has 0 bridgehead atoms. The van der Waals surface area contributed by atoms with Crippen LogP contribution >= 0.6 is 0 Å². The van der Waals surface area contributed by atoms with Gasteiger partial charge in [-0.05, 0) is 0 Å². The third kappa shape index (κ3) is 10.5. The molecule has 1 aromatic carbocycles. The summed E-state index contributed by atoms with van der Waals surface area (Å²) in [6.07, 6.45) is 3.05. The third-order valence-electron chi connectivity index (χ3n) is 6.82. The van der Waals surface area contributed by atoms with Crippen LogP contribution in [-0.2, 0) is 11.3 Å². The van der Waals surface area contributed by atoms with Gasteiger partial charge in [0.2, 0.25) is 0 Å². The summed E-state index contributed by atoms with van der Waals surface area (Å²) in [6.45, 7) is 10.7. The summed E-state index contributed by atoms with van der Waals surface area (Å²) in [5.74, 6) is 0.910. The first-order valence-electron chi connectivity index (χ1n) is 13.2. The zero-order chi connectivity index (χ0) is 25.6. The SMILES string of the molecule is CCC[CH2][Sn]([CH2]CCC)([CH2]CCC)/[C](=C/CC(OCc1ccc(OC)cc1)C(C)C)C(F)(F)F. The average Bonchev–Trinajstić information content (AvgIpc) is 2.80. The minimum absolute atomic E-state index is 0.101. The van der Waals surface area contributed by atoms with Crippen molar-refractivity contribution in [1.82, 2.24) is 0 Å². The van der Waals surface area contributed by atoms with Crippen LogP contribution in [0.15, 0.2) is 33.9 Å². The first kappa shape index (κ1) is 31.3. The van der Waals surface area contributed by atoms with Crippen LogP contribution < -0.4 is 4.74 Å². The van der Waals surface area contributed by atoms with Crippen molar-refractivity contribution in [3.8, 4) is 5.75 Å². The number of allylic oxidation sites excluding steroid dienone is 1. The number of ether oxygens (including phenoxy) is 2. The average molecular weight is 591 g/mol. The third-order valence-corrected chi connectivity index (χ3v) is 22.7. The van der Waals surface area contributed by atoms with Crippen molar-refractivity contribution in [3.63, 3.8) is 0 Å². The number of methoxy groups -OCH3 is 1. The van der Waals surface area contributed by atoms with Crippen LogP contribution in [0.3, 0.4) is 0 Å². The molecule has 0 aliphatic carbocycles. The normalized spacial score (nSPS) is 14.0. The van der Waals surface area contributed by atoms with Gasteiger partial charge in [0.05, 0.1) is 0 Å². The monoisotopic (exact) mass is 592 g/mol. The molecule has 1 aromatic rings. The molecule has 1 atom stereocenters. The molecule has 0 radical (unpaired) electrons. The maximum absolute atomic E-state index is 14.6. The number of unbranched alkanes of at least 4 members (excludes halogenated alkanes) is 3. The van der Waals surface area contributed by atoms with E-state index in [0.717, 1.165) is 63.1 Å². The summed E-state index contributed by atoms with van der Waals surface area (Å²) in [5, 5.41) is 0. The number of hydrogen-bond donors (Lipinski definition) is 0. The fourth-order valence-electron chi connectivity index (χ4n) is 4.65. The molecule has 0 saturated carbocycles. The van der Waals surface area contributed by atoms with Crippen LogP contribution in [0.5, 0.6) is 5.75 Å². The van der Waals surface area contributed by atoms with Gasteiger partial charge in [-0.1, -0.05) is 0 Å². The van der Waals surface area contributed by atoms with Gasteiger partial charge in [0, 0.05) is 0 Å². The zero-order valence-electron chi connectivity index (χ0n) is 22.3. The van der Waals surface area contributed by atoms with Gasteiger partial charge in [0.25, 0.3) is 0 Å². The van der Waals surface area contributed by atoms with Gasteiger partial charge in [0.1, 0.15) is 0 Å². The van der Waals surface area contributed by atoms with Crippen molar-refractivity contribution in [3.05, 3.63) is 39.5 Å². The van der Waals surface area contributed by atoms with Crippen LogP contribution in [0.25, 0.3) is 0 Å². The Labute approximate surface area is 210 Å². The number of alkyl halides is 3. The summed E-state index contributed by atoms with van der Waals surface area (Å²) in [6, 6.07) is 7.63. The van der Waals surface area contributed by atoms with E-state index in [-0.39, 0.29) is 15.6 Å². The van der Waals surface area contributed by atoms with Gasteiger partial charge in [0.15, 0.2) is 0 Å². The Hall–Kier alpha value is -0.691. The van der Waals surface area contributed by atoms with Crippen LogP contribution in [-0.4, -0.2) is 37.8 Å². The molecule has 0 aliphatic rings. The molecule has 6 heteroatoms. The van der Waals surface area contributed by atoms with Crippen LogP contribution in [0.4, 0.5) is 13.2 Å². The van der Waals surface area contributed by atoms with Crippen molar-refractivity contribution in [1.29, 1.82) is 0 Å². The molecule has 0 spiro atoms. The van der Waals surface area contributed by atoms with Crippen LogP contribution in [0.2, 0.25) is 13.3 Å². The van der Waals surface area contributed by atoms with Crippen molar-refractivity contribution in [2.24, 2.45) is 5.92 Å². The standard InChI is InChI=1S/C16H20F3O2.3C4H9.Sn/c1-12(2)15(5-4-10-16(17,18)19)21-11-13-6-8-14(20-3)9-7-13;3*1-3-4-2;/h4,6-9,12,15H,5,11H2,1-3H3;3*1,3-4H2,2H3;. The van der Waals surface area contributed by atoms with Gasteiger partial charge >= 0.3 is 211 Å². The van der Waals surface area contributed by atoms with E-state index >= 15 is 0 Å². The van der Waals surface area contributed by atoms with E-state index in [2.05, 4.69) is 20.8 Å². The van der Waals surface area contributed by atoms with E-state index in [1.54, 1.807) is 13.2 Å². The molecule has 0 fully saturated rings. The molecule has 34 heavy (non-hydrogen) atoms. The number of hydrogen-bond acceptors (Lipinski definition) is 2. The first-order valence-corrected chi connectivity index (χ1v) is 20.6. The zero-order valence-corrected chi connectivity index (χ0v) is 25.1. The van der Waals surface area contributed by atoms with Gasteiger partial charge in [-0.3, -0.25) is 0 Å². The van der Waals surface area contributed by atoms with Crippen LogP contribution in [0.1, 0.15) is 85.1 Å². The fraction of sp³-hybridized carbons (Fsp3) is 0.714. The predicted octanol–water partition coefficient (Wildman–Crippen LogP) is 9.50. The van der Waals surface area contributed by atoms with Crippen molar-refractivity contribution < 1.29 is 22.6 Å². The Balaban J connectivity index is 3.19. The second kappa shape index (κ2) is 16.1. The summed E-state index contributed by atoms with van der Waals surface area (Å²) in [4.78, 5) is 0. The summed E-state index contributed by atoms with van der Waals surface area (Å²) in [5.41, 5.74) is 0.994. The molecule has 0 saturated heterocycles. The molecule has 1 unspecified atom stereocenters. The van der Waals surface area contributed by atoms with Crippen LogP contribution in [0, 0.1) is 5.92 Å². The van der Waals surface area contributed by atoms with Gasteiger partial charge in [-0.15, -0.1) is 0 Å². The topological polar surface area (TPSA) is 18.5 Å². The quantitative estimate of drug-likeness (QED) is 0.168. The molecular formula is C28H47F3O2Sn. The van der Waals surface area contributed by atoms with E-state index in [1.165, 1.54) is 0 Å². The summed E-state index contributed by atoms with van der Waals surface area (Å²) >= 11 is -3.61. The van der Waals surface area contributed by atoms with Crippen molar-refractivity contribution in [2.75, 3.05) is 7.11 Å². The summed E-state index contributed by atoms with van der Waals surface area (Å²) < 4.78 is 57.5.